The molecule has 0 radical (unpaired) electrons. The van der Waals surface area contributed by atoms with Crippen LogP contribution in [0.2, 0.25) is 0 Å². The molecular formula is C17H32N4. The molecule has 1 rings (SSSR count). The molecule has 0 amide bonds. The molecule has 1 unspecified atom stereocenters. The Hall–Kier alpha value is -1.13. The molecular weight excluding hydrogens is 260 g/mol. The zero-order chi connectivity index (χ0) is 16.0. The Morgan fingerprint density at radius 1 is 1.24 bits per heavy atom. The summed E-state index contributed by atoms with van der Waals surface area (Å²) in [5, 5.41) is 3.50. The van der Waals surface area contributed by atoms with Gasteiger partial charge >= 0.3 is 0 Å². The first-order valence-electron chi connectivity index (χ1n) is 7.95. The molecule has 0 saturated heterocycles. The molecule has 4 heteroatoms. The number of hydrogen-bond acceptors (Lipinski definition) is 4. The first-order chi connectivity index (χ1) is 9.85. The Balaban J connectivity index is 3.02. The minimum atomic E-state index is 0.476. The molecule has 0 aromatic carbocycles. The molecule has 1 aromatic heterocycles. The van der Waals surface area contributed by atoms with Crippen LogP contribution in [-0.2, 0) is 6.54 Å². The van der Waals surface area contributed by atoms with Crippen molar-refractivity contribution in [3.05, 3.63) is 23.5 Å². The second kappa shape index (κ2) is 8.35. The van der Waals surface area contributed by atoms with Crippen LogP contribution in [0.3, 0.4) is 0 Å². The number of likely N-dealkylation sites (N-methyl/N-ethyl adjacent to an activating group) is 2. The summed E-state index contributed by atoms with van der Waals surface area (Å²) < 4.78 is 0. The van der Waals surface area contributed by atoms with E-state index in [1.54, 1.807) is 0 Å². The molecule has 1 N–H and O–H groups in total. The van der Waals surface area contributed by atoms with Gasteiger partial charge < -0.3 is 15.1 Å². The number of nitrogens with zero attached hydrogens (tertiary/aromatic N) is 3. The Morgan fingerprint density at radius 2 is 1.90 bits per heavy atom. The van der Waals surface area contributed by atoms with E-state index >= 15 is 0 Å². The topological polar surface area (TPSA) is 31.4 Å². The van der Waals surface area contributed by atoms with Crippen molar-refractivity contribution >= 4 is 5.69 Å². The highest BCUT2D eigenvalue weighted by atomic mass is 15.2. The van der Waals surface area contributed by atoms with Crippen LogP contribution >= 0.6 is 0 Å². The highest BCUT2D eigenvalue weighted by molar-refractivity contribution is 5.54. The number of nitrogens with one attached hydrogen (secondary N) is 1. The largest absolute Gasteiger partial charge is 0.367 e. The minimum Gasteiger partial charge on any atom is -0.367 e. The summed E-state index contributed by atoms with van der Waals surface area (Å²) in [6.45, 7) is 13.8. The third-order valence-corrected chi connectivity index (χ3v) is 3.61. The van der Waals surface area contributed by atoms with E-state index in [1.165, 1.54) is 11.3 Å². The van der Waals surface area contributed by atoms with E-state index in [4.69, 9.17) is 0 Å². The maximum atomic E-state index is 4.48. The van der Waals surface area contributed by atoms with Gasteiger partial charge in [-0.2, -0.15) is 0 Å². The molecule has 0 fully saturated rings. The third-order valence-electron chi connectivity index (χ3n) is 3.61. The van der Waals surface area contributed by atoms with E-state index in [1.807, 2.05) is 6.20 Å². The summed E-state index contributed by atoms with van der Waals surface area (Å²) in [5.74, 6) is 0. The summed E-state index contributed by atoms with van der Waals surface area (Å²) in [4.78, 5) is 9.20. The molecule has 0 spiro atoms. The van der Waals surface area contributed by atoms with Crippen LogP contribution in [0.15, 0.2) is 12.3 Å². The van der Waals surface area contributed by atoms with Crippen molar-refractivity contribution in [3.8, 4) is 0 Å². The molecule has 0 aliphatic rings. The van der Waals surface area contributed by atoms with Crippen LogP contribution in [0.25, 0.3) is 0 Å². The van der Waals surface area contributed by atoms with E-state index in [-0.39, 0.29) is 0 Å². The van der Waals surface area contributed by atoms with Crippen molar-refractivity contribution in [2.75, 3.05) is 32.1 Å². The van der Waals surface area contributed by atoms with Crippen LogP contribution in [-0.4, -0.2) is 49.2 Å². The first kappa shape index (κ1) is 17.9. The van der Waals surface area contributed by atoms with Crippen molar-refractivity contribution in [2.24, 2.45) is 0 Å². The molecule has 0 bridgehead atoms. The van der Waals surface area contributed by atoms with Gasteiger partial charge in [-0.15, -0.1) is 0 Å². The quantitative estimate of drug-likeness (QED) is 0.798. The van der Waals surface area contributed by atoms with Crippen LogP contribution in [0.4, 0.5) is 5.69 Å². The maximum Gasteiger partial charge on any atom is 0.0448 e. The van der Waals surface area contributed by atoms with Crippen molar-refractivity contribution in [3.63, 3.8) is 0 Å². The number of rotatable bonds is 8. The molecule has 1 atom stereocenters. The fraction of sp³-hybridized carbons (Fsp3) is 0.706. The van der Waals surface area contributed by atoms with Crippen LogP contribution < -0.4 is 10.2 Å². The first-order valence-corrected chi connectivity index (χ1v) is 7.95. The highest BCUT2D eigenvalue weighted by Gasteiger charge is 2.17. The predicted octanol–water partition coefficient (Wildman–Crippen LogP) is 2.66. The van der Waals surface area contributed by atoms with Gasteiger partial charge in [-0.25, -0.2) is 0 Å². The molecule has 1 heterocycles. The lowest BCUT2D eigenvalue weighted by Crippen LogP contribution is -2.41. The minimum absolute atomic E-state index is 0.476. The lowest BCUT2D eigenvalue weighted by molar-refractivity contribution is 0.372. The lowest BCUT2D eigenvalue weighted by atomic mass is 10.1. The van der Waals surface area contributed by atoms with Gasteiger partial charge in [0.2, 0.25) is 0 Å². The average Bonchev–Trinajstić information content (AvgIpc) is 2.37. The van der Waals surface area contributed by atoms with Crippen LogP contribution in [0, 0.1) is 6.92 Å². The molecule has 1 aromatic rings. The molecule has 0 aliphatic heterocycles. The highest BCUT2D eigenvalue weighted by Crippen LogP contribution is 2.23. The zero-order valence-electron chi connectivity index (χ0n) is 14.8. The SMILES string of the molecule is CCN(c1cc(C)ncc1CNC(C)C)C(C)CN(C)C. The molecule has 21 heavy (non-hydrogen) atoms. The van der Waals surface area contributed by atoms with Crippen molar-refractivity contribution in [1.29, 1.82) is 0 Å². The van der Waals surface area contributed by atoms with Gasteiger partial charge in [-0.1, -0.05) is 13.8 Å². The van der Waals surface area contributed by atoms with Gasteiger partial charge in [0.05, 0.1) is 0 Å². The monoisotopic (exact) mass is 292 g/mol. The van der Waals surface area contributed by atoms with E-state index in [0.29, 0.717) is 12.1 Å². The zero-order valence-corrected chi connectivity index (χ0v) is 14.8. The van der Waals surface area contributed by atoms with Gasteiger partial charge in [0.15, 0.2) is 0 Å². The summed E-state index contributed by atoms with van der Waals surface area (Å²) in [6, 6.07) is 3.17. The van der Waals surface area contributed by atoms with Gasteiger partial charge in [0, 0.05) is 54.9 Å². The van der Waals surface area contributed by atoms with Crippen LogP contribution in [0.1, 0.15) is 39.0 Å². The van der Waals surface area contributed by atoms with Gasteiger partial charge in [-0.05, 0) is 40.9 Å². The molecule has 4 nitrogen and oxygen atoms in total. The van der Waals surface area contributed by atoms with E-state index in [9.17, 15) is 0 Å². The Labute approximate surface area is 130 Å². The van der Waals surface area contributed by atoms with Gasteiger partial charge in [0.25, 0.3) is 0 Å². The normalized spacial score (nSPS) is 13.0. The molecule has 0 aliphatic carbocycles. The standard InChI is InChI=1S/C17H32N4/c1-8-21(15(5)12-20(6)7)17-9-14(4)19-11-16(17)10-18-13(2)3/h9,11,13,15,18H,8,10,12H2,1-7H3. The van der Waals surface area contributed by atoms with Crippen molar-refractivity contribution < 1.29 is 0 Å². The fourth-order valence-electron chi connectivity index (χ4n) is 2.64. The Morgan fingerprint density at radius 3 is 2.43 bits per heavy atom. The number of hydrogen-bond donors (Lipinski definition) is 1. The van der Waals surface area contributed by atoms with E-state index in [2.05, 4.69) is 74.9 Å². The molecule has 0 saturated carbocycles. The maximum absolute atomic E-state index is 4.48. The number of pyridine rings is 1. The van der Waals surface area contributed by atoms with E-state index < -0.39 is 0 Å². The second-order valence-electron chi connectivity index (χ2n) is 6.39. The average molecular weight is 292 g/mol. The predicted molar refractivity (Wildman–Crippen MR) is 92.0 cm³/mol. The summed E-state index contributed by atoms with van der Waals surface area (Å²) in [5.41, 5.74) is 3.67. The second-order valence-corrected chi connectivity index (χ2v) is 6.39. The van der Waals surface area contributed by atoms with E-state index in [0.717, 1.165) is 25.3 Å². The summed E-state index contributed by atoms with van der Waals surface area (Å²) >= 11 is 0. The summed E-state index contributed by atoms with van der Waals surface area (Å²) in [7, 11) is 4.26. The third kappa shape index (κ3) is 5.64. The van der Waals surface area contributed by atoms with Crippen molar-refractivity contribution in [1.82, 2.24) is 15.2 Å². The number of anilines is 1. The lowest BCUT2D eigenvalue weighted by Gasteiger charge is -2.34. The number of aryl methyl sites for hydroxylation is 1. The molecule has 120 valence electrons. The fourth-order valence-corrected chi connectivity index (χ4v) is 2.64. The Kier molecular flexibility index (Phi) is 7.12. The Bertz CT molecular complexity index is 429. The van der Waals surface area contributed by atoms with Gasteiger partial charge in [0.1, 0.15) is 0 Å². The van der Waals surface area contributed by atoms with Crippen LogP contribution in [0.5, 0.6) is 0 Å². The smallest absolute Gasteiger partial charge is 0.0448 e. The van der Waals surface area contributed by atoms with Crippen molar-refractivity contribution in [2.45, 2.75) is 53.2 Å². The summed E-state index contributed by atoms with van der Waals surface area (Å²) in [6.07, 6.45) is 2.02. The van der Waals surface area contributed by atoms with Gasteiger partial charge in [-0.3, -0.25) is 4.98 Å². The number of aromatic nitrogens is 1.